The molecule has 0 radical (unpaired) electrons. The highest BCUT2D eigenvalue weighted by Crippen LogP contribution is 2.29. The van der Waals surface area contributed by atoms with Crippen LogP contribution in [0.4, 0.5) is 5.82 Å². The Morgan fingerprint density at radius 2 is 1.94 bits per heavy atom. The number of aryl methyl sites for hydroxylation is 1. The third-order valence-corrected chi connectivity index (χ3v) is 3.54. The molecule has 1 fully saturated rings. The standard InChI is InChI=1S/C13H21N3O/c1-9-6-10(2)8-11(7-9)15-12-13(17)16(3)5-4-14-12/h4-5,9-11H,6-8H2,1-3H3,(H,14,15). The van der Waals surface area contributed by atoms with Gasteiger partial charge in [0, 0.05) is 25.5 Å². The van der Waals surface area contributed by atoms with E-state index in [2.05, 4.69) is 24.1 Å². The van der Waals surface area contributed by atoms with Crippen LogP contribution in [-0.4, -0.2) is 15.6 Å². The van der Waals surface area contributed by atoms with Crippen LogP contribution in [0.15, 0.2) is 17.2 Å². The molecule has 1 saturated carbocycles. The van der Waals surface area contributed by atoms with Gasteiger partial charge in [0.15, 0.2) is 5.82 Å². The van der Waals surface area contributed by atoms with Crippen molar-refractivity contribution in [3.05, 3.63) is 22.7 Å². The van der Waals surface area contributed by atoms with Gasteiger partial charge in [-0.05, 0) is 31.1 Å². The molecular weight excluding hydrogens is 214 g/mol. The Hall–Kier alpha value is -1.32. The molecule has 2 rings (SSSR count). The highest BCUT2D eigenvalue weighted by atomic mass is 16.1. The van der Waals surface area contributed by atoms with E-state index in [1.165, 1.54) is 6.42 Å². The van der Waals surface area contributed by atoms with Crippen molar-refractivity contribution in [2.75, 3.05) is 5.32 Å². The molecule has 0 saturated heterocycles. The van der Waals surface area contributed by atoms with Gasteiger partial charge >= 0.3 is 0 Å². The highest BCUT2D eigenvalue weighted by molar-refractivity contribution is 5.32. The van der Waals surface area contributed by atoms with E-state index in [9.17, 15) is 4.79 Å². The van der Waals surface area contributed by atoms with Gasteiger partial charge in [0.2, 0.25) is 0 Å². The minimum absolute atomic E-state index is 0.0432. The van der Waals surface area contributed by atoms with E-state index in [4.69, 9.17) is 0 Å². The number of nitrogens with zero attached hydrogens (tertiary/aromatic N) is 2. The van der Waals surface area contributed by atoms with Gasteiger partial charge in [0.05, 0.1) is 0 Å². The molecule has 17 heavy (non-hydrogen) atoms. The van der Waals surface area contributed by atoms with Crippen LogP contribution < -0.4 is 10.9 Å². The molecule has 1 aromatic rings. The summed E-state index contributed by atoms with van der Waals surface area (Å²) in [6, 6.07) is 0.386. The summed E-state index contributed by atoms with van der Waals surface area (Å²) in [5.41, 5.74) is -0.0432. The molecule has 0 aromatic carbocycles. The zero-order chi connectivity index (χ0) is 12.4. The molecule has 2 unspecified atom stereocenters. The average Bonchev–Trinajstić information content (AvgIpc) is 2.23. The summed E-state index contributed by atoms with van der Waals surface area (Å²) in [5, 5.41) is 3.31. The Kier molecular flexibility index (Phi) is 3.50. The van der Waals surface area contributed by atoms with Gasteiger partial charge in [-0.25, -0.2) is 4.98 Å². The predicted octanol–water partition coefficient (Wildman–Crippen LogP) is 2.02. The minimum Gasteiger partial charge on any atom is -0.363 e. The number of hydrogen-bond donors (Lipinski definition) is 1. The summed E-state index contributed by atoms with van der Waals surface area (Å²) in [4.78, 5) is 16.0. The topological polar surface area (TPSA) is 46.9 Å². The van der Waals surface area contributed by atoms with E-state index < -0.39 is 0 Å². The quantitative estimate of drug-likeness (QED) is 0.853. The summed E-state index contributed by atoms with van der Waals surface area (Å²) in [6.45, 7) is 4.56. The molecule has 1 heterocycles. The van der Waals surface area contributed by atoms with Crippen LogP contribution in [0.2, 0.25) is 0 Å². The molecule has 1 N–H and O–H groups in total. The molecule has 0 bridgehead atoms. The summed E-state index contributed by atoms with van der Waals surface area (Å²) in [6.07, 6.45) is 6.89. The summed E-state index contributed by atoms with van der Waals surface area (Å²) in [7, 11) is 1.75. The third kappa shape index (κ3) is 2.87. The van der Waals surface area contributed by atoms with Gasteiger partial charge in [-0.15, -0.1) is 0 Å². The number of aromatic nitrogens is 2. The summed E-state index contributed by atoms with van der Waals surface area (Å²) >= 11 is 0. The van der Waals surface area contributed by atoms with Gasteiger partial charge in [0.1, 0.15) is 0 Å². The molecule has 1 aliphatic rings. The summed E-state index contributed by atoms with van der Waals surface area (Å²) < 4.78 is 1.56. The molecule has 94 valence electrons. The zero-order valence-corrected chi connectivity index (χ0v) is 10.8. The van der Waals surface area contributed by atoms with E-state index in [0.717, 1.165) is 24.7 Å². The highest BCUT2D eigenvalue weighted by Gasteiger charge is 2.24. The normalized spacial score (nSPS) is 29.0. The molecule has 1 aromatic heterocycles. The maximum Gasteiger partial charge on any atom is 0.293 e. The van der Waals surface area contributed by atoms with Crippen LogP contribution in [0.5, 0.6) is 0 Å². The lowest BCUT2D eigenvalue weighted by Crippen LogP contribution is -2.33. The Balaban J connectivity index is 2.10. The van der Waals surface area contributed by atoms with E-state index in [1.807, 2.05) is 0 Å². The lowest BCUT2D eigenvalue weighted by Gasteiger charge is -2.32. The molecule has 0 aliphatic heterocycles. The fraction of sp³-hybridized carbons (Fsp3) is 0.692. The van der Waals surface area contributed by atoms with Gasteiger partial charge in [-0.2, -0.15) is 0 Å². The molecule has 0 spiro atoms. The van der Waals surface area contributed by atoms with Crippen molar-refractivity contribution in [2.45, 2.75) is 39.2 Å². The summed E-state index contributed by atoms with van der Waals surface area (Å²) in [5.74, 6) is 1.94. The first-order chi connectivity index (χ1) is 8.06. The SMILES string of the molecule is CC1CC(C)CC(Nc2nccn(C)c2=O)C1. The first-order valence-electron chi connectivity index (χ1n) is 6.34. The molecule has 1 aliphatic carbocycles. The zero-order valence-electron chi connectivity index (χ0n) is 10.8. The number of rotatable bonds is 2. The Morgan fingerprint density at radius 3 is 2.59 bits per heavy atom. The fourth-order valence-corrected chi connectivity index (χ4v) is 2.86. The molecule has 0 amide bonds. The fourth-order valence-electron chi connectivity index (χ4n) is 2.86. The van der Waals surface area contributed by atoms with Gasteiger partial charge in [-0.3, -0.25) is 4.79 Å². The second-order valence-corrected chi connectivity index (χ2v) is 5.45. The van der Waals surface area contributed by atoms with Crippen LogP contribution >= 0.6 is 0 Å². The second kappa shape index (κ2) is 4.90. The van der Waals surface area contributed by atoms with Gasteiger partial charge in [0.25, 0.3) is 5.56 Å². The van der Waals surface area contributed by atoms with Crippen molar-refractivity contribution in [1.29, 1.82) is 0 Å². The van der Waals surface area contributed by atoms with Crippen molar-refractivity contribution in [1.82, 2.24) is 9.55 Å². The van der Waals surface area contributed by atoms with Crippen LogP contribution in [0, 0.1) is 11.8 Å². The molecule has 2 atom stereocenters. The van der Waals surface area contributed by atoms with E-state index >= 15 is 0 Å². The Morgan fingerprint density at radius 1 is 1.29 bits per heavy atom. The van der Waals surface area contributed by atoms with Crippen molar-refractivity contribution in [3.8, 4) is 0 Å². The van der Waals surface area contributed by atoms with Crippen LogP contribution in [-0.2, 0) is 7.05 Å². The first kappa shape index (κ1) is 12.1. The number of nitrogens with one attached hydrogen (secondary N) is 1. The molecule has 4 heteroatoms. The van der Waals surface area contributed by atoms with Gasteiger partial charge < -0.3 is 9.88 Å². The number of anilines is 1. The van der Waals surface area contributed by atoms with Crippen LogP contribution in [0.25, 0.3) is 0 Å². The second-order valence-electron chi connectivity index (χ2n) is 5.45. The molecular formula is C13H21N3O. The smallest absolute Gasteiger partial charge is 0.293 e. The maximum atomic E-state index is 11.8. The van der Waals surface area contributed by atoms with Gasteiger partial charge in [-0.1, -0.05) is 13.8 Å². The third-order valence-electron chi connectivity index (χ3n) is 3.54. The maximum absolute atomic E-state index is 11.8. The van der Waals surface area contributed by atoms with Crippen molar-refractivity contribution < 1.29 is 0 Å². The van der Waals surface area contributed by atoms with Crippen molar-refractivity contribution in [2.24, 2.45) is 18.9 Å². The number of hydrogen-bond acceptors (Lipinski definition) is 3. The Labute approximate surface area is 102 Å². The van der Waals surface area contributed by atoms with Crippen LogP contribution in [0.1, 0.15) is 33.1 Å². The largest absolute Gasteiger partial charge is 0.363 e. The van der Waals surface area contributed by atoms with Crippen molar-refractivity contribution >= 4 is 5.82 Å². The van der Waals surface area contributed by atoms with E-state index in [1.54, 1.807) is 24.0 Å². The first-order valence-corrected chi connectivity index (χ1v) is 6.34. The predicted molar refractivity (Wildman–Crippen MR) is 69.1 cm³/mol. The molecule has 4 nitrogen and oxygen atoms in total. The minimum atomic E-state index is -0.0432. The monoisotopic (exact) mass is 235 g/mol. The lowest BCUT2D eigenvalue weighted by molar-refractivity contribution is 0.280. The average molecular weight is 235 g/mol. The van der Waals surface area contributed by atoms with Crippen LogP contribution in [0.3, 0.4) is 0 Å². The van der Waals surface area contributed by atoms with E-state index in [-0.39, 0.29) is 5.56 Å². The van der Waals surface area contributed by atoms with E-state index in [0.29, 0.717) is 11.9 Å². The van der Waals surface area contributed by atoms with Crippen molar-refractivity contribution in [3.63, 3.8) is 0 Å². The Bertz CT molecular complexity index is 431. The lowest BCUT2D eigenvalue weighted by atomic mass is 9.80.